The van der Waals surface area contributed by atoms with Crippen LogP contribution in [0.3, 0.4) is 0 Å². The van der Waals surface area contributed by atoms with Crippen molar-refractivity contribution in [3.8, 4) is 0 Å². The first-order chi connectivity index (χ1) is 12.1. The van der Waals surface area contributed by atoms with Gasteiger partial charge in [0.2, 0.25) is 0 Å². The second-order valence-corrected chi connectivity index (χ2v) is 7.47. The summed E-state index contributed by atoms with van der Waals surface area (Å²) in [4.78, 5) is 16.9. The molecule has 25 heavy (non-hydrogen) atoms. The Bertz CT molecular complexity index is 560. The number of urea groups is 1. The number of halogens is 1. The summed E-state index contributed by atoms with van der Waals surface area (Å²) in [5.74, 6) is 0. The Morgan fingerprint density at radius 2 is 2.04 bits per heavy atom. The van der Waals surface area contributed by atoms with Crippen molar-refractivity contribution in [1.82, 2.24) is 15.1 Å². The monoisotopic (exact) mass is 365 g/mol. The normalized spacial score (nSPS) is 23.3. The minimum atomic E-state index is 0.0383. The minimum absolute atomic E-state index is 0.0383. The van der Waals surface area contributed by atoms with Gasteiger partial charge in [0.15, 0.2) is 0 Å². The third-order valence-electron chi connectivity index (χ3n) is 5.07. The van der Waals surface area contributed by atoms with Crippen molar-refractivity contribution in [3.63, 3.8) is 0 Å². The van der Waals surface area contributed by atoms with Crippen LogP contribution in [0.1, 0.15) is 31.7 Å². The number of amides is 2. The van der Waals surface area contributed by atoms with E-state index in [2.05, 4.69) is 22.3 Å². The molecule has 2 atom stereocenters. The Morgan fingerprint density at radius 1 is 1.24 bits per heavy atom. The van der Waals surface area contributed by atoms with Crippen molar-refractivity contribution in [3.05, 3.63) is 34.9 Å². The lowest BCUT2D eigenvalue weighted by Crippen LogP contribution is -2.48. The molecule has 6 heteroatoms. The van der Waals surface area contributed by atoms with E-state index in [1.165, 1.54) is 5.56 Å². The molecule has 0 aliphatic carbocycles. The summed E-state index contributed by atoms with van der Waals surface area (Å²) in [6.45, 7) is 7.22. The molecule has 0 saturated carbocycles. The third-order valence-corrected chi connectivity index (χ3v) is 5.32. The van der Waals surface area contributed by atoms with Crippen LogP contribution >= 0.6 is 11.6 Å². The Labute approximate surface area is 155 Å². The molecule has 1 aromatic carbocycles. The molecule has 0 aromatic heterocycles. The number of carbonyl (C=O) groups excluding carboxylic acids is 1. The summed E-state index contributed by atoms with van der Waals surface area (Å²) in [5, 5.41) is 3.89. The fourth-order valence-corrected chi connectivity index (χ4v) is 3.68. The van der Waals surface area contributed by atoms with Gasteiger partial charge in [0.1, 0.15) is 0 Å². The van der Waals surface area contributed by atoms with Crippen LogP contribution in [-0.4, -0.2) is 60.8 Å². The van der Waals surface area contributed by atoms with Crippen molar-refractivity contribution >= 4 is 17.6 Å². The quantitative estimate of drug-likeness (QED) is 0.891. The summed E-state index contributed by atoms with van der Waals surface area (Å²) in [6.07, 6.45) is 3.29. The molecule has 2 heterocycles. The summed E-state index contributed by atoms with van der Waals surface area (Å²) >= 11 is 5.95. The molecule has 2 saturated heterocycles. The van der Waals surface area contributed by atoms with E-state index >= 15 is 0 Å². The largest absolute Gasteiger partial charge is 0.376 e. The molecule has 0 bridgehead atoms. The van der Waals surface area contributed by atoms with Crippen molar-refractivity contribution in [2.75, 3.05) is 32.8 Å². The zero-order valence-corrected chi connectivity index (χ0v) is 15.7. The zero-order chi connectivity index (χ0) is 17.6. The molecular weight excluding hydrogens is 338 g/mol. The van der Waals surface area contributed by atoms with Crippen molar-refractivity contribution in [2.24, 2.45) is 0 Å². The molecule has 1 aromatic rings. The average molecular weight is 366 g/mol. The van der Waals surface area contributed by atoms with Gasteiger partial charge in [-0.05, 0) is 43.9 Å². The van der Waals surface area contributed by atoms with Crippen molar-refractivity contribution < 1.29 is 9.53 Å². The molecule has 5 nitrogen and oxygen atoms in total. The van der Waals surface area contributed by atoms with Crippen LogP contribution < -0.4 is 5.32 Å². The van der Waals surface area contributed by atoms with Crippen LogP contribution in [0.15, 0.2) is 24.3 Å². The number of nitrogens with zero attached hydrogens (tertiary/aromatic N) is 2. The Balaban J connectivity index is 1.47. The van der Waals surface area contributed by atoms with Crippen molar-refractivity contribution in [1.29, 1.82) is 0 Å². The molecular formula is C19H28ClN3O2. The molecule has 3 rings (SSSR count). The molecule has 2 fully saturated rings. The number of hydrogen-bond acceptors (Lipinski definition) is 3. The van der Waals surface area contributed by atoms with Gasteiger partial charge in [-0.1, -0.05) is 23.7 Å². The van der Waals surface area contributed by atoms with Gasteiger partial charge < -0.3 is 15.0 Å². The van der Waals surface area contributed by atoms with Gasteiger partial charge in [0.25, 0.3) is 0 Å². The summed E-state index contributed by atoms with van der Waals surface area (Å²) in [5.41, 5.74) is 1.26. The SMILES string of the molecule is CC(NC(=O)N1CCCN(Cc2ccc(Cl)cc2)CC1)C1CCCO1. The molecule has 2 aliphatic rings. The molecule has 2 amide bonds. The molecule has 1 N–H and O–H groups in total. The van der Waals surface area contributed by atoms with Gasteiger partial charge in [0.05, 0.1) is 12.1 Å². The first kappa shape index (κ1) is 18.5. The lowest BCUT2D eigenvalue weighted by Gasteiger charge is -2.26. The lowest BCUT2D eigenvalue weighted by molar-refractivity contribution is 0.0834. The van der Waals surface area contributed by atoms with E-state index in [0.29, 0.717) is 0 Å². The van der Waals surface area contributed by atoms with Crippen LogP contribution in [0.2, 0.25) is 5.02 Å². The fraction of sp³-hybridized carbons (Fsp3) is 0.632. The van der Waals surface area contributed by atoms with Crippen LogP contribution in [-0.2, 0) is 11.3 Å². The average Bonchev–Trinajstić information content (AvgIpc) is 3.04. The zero-order valence-electron chi connectivity index (χ0n) is 14.9. The van der Waals surface area contributed by atoms with E-state index in [9.17, 15) is 4.79 Å². The first-order valence-electron chi connectivity index (χ1n) is 9.25. The van der Waals surface area contributed by atoms with Gasteiger partial charge in [-0.3, -0.25) is 4.90 Å². The predicted octanol–water partition coefficient (Wildman–Crippen LogP) is 3.12. The van der Waals surface area contributed by atoms with Crippen LogP contribution in [0.5, 0.6) is 0 Å². The molecule has 138 valence electrons. The Hall–Kier alpha value is -1.30. The number of carbonyl (C=O) groups is 1. The first-order valence-corrected chi connectivity index (χ1v) is 9.63. The summed E-state index contributed by atoms with van der Waals surface area (Å²) in [7, 11) is 0. The number of hydrogen-bond donors (Lipinski definition) is 1. The maximum Gasteiger partial charge on any atom is 0.317 e. The highest BCUT2D eigenvalue weighted by Crippen LogP contribution is 2.16. The van der Waals surface area contributed by atoms with Gasteiger partial charge in [-0.25, -0.2) is 4.79 Å². The van der Waals surface area contributed by atoms with Gasteiger partial charge in [-0.15, -0.1) is 0 Å². The van der Waals surface area contributed by atoms with Gasteiger partial charge in [-0.2, -0.15) is 0 Å². The number of rotatable bonds is 4. The van der Waals surface area contributed by atoms with E-state index in [1.807, 2.05) is 24.0 Å². The molecule has 2 aliphatic heterocycles. The smallest absolute Gasteiger partial charge is 0.317 e. The number of nitrogens with one attached hydrogen (secondary N) is 1. The predicted molar refractivity (Wildman–Crippen MR) is 99.9 cm³/mol. The topological polar surface area (TPSA) is 44.8 Å². The van der Waals surface area contributed by atoms with Gasteiger partial charge in [0, 0.05) is 44.4 Å². The minimum Gasteiger partial charge on any atom is -0.376 e. The maximum atomic E-state index is 12.5. The number of benzene rings is 1. The van der Waals surface area contributed by atoms with Crippen LogP contribution in [0.25, 0.3) is 0 Å². The molecule has 2 unspecified atom stereocenters. The van der Waals surface area contributed by atoms with E-state index in [0.717, 1.165) is 63.6 Å². The van der Waals surface area contributed by atoms with E-state index in [4.69, 9.17) is 16.3 Å². The standard InChI is InChI=1S/C19H28ClN3O2/c1-15(18-4-2-13-25-18)21-19(24)23-10-3-9-22(11-12-23)14-16-5-7-17(20)8-6-16/h5-8,15,18H,2-4,9-14H2,1H3,(H,21,24). The van der Waals surface area contributed by atoms with E-state index in [-0.39, 0.29) is 18.2 Å². The van der Waals surface area contributed by atoms with E-state index < -0.39 is 0 Å². The van der Waals surface area contributed by atoms with Crippen LogP contribution in [0, 0.1) is 0 Å². The lowest BCUT2D eigenvalue weighted by atomic mass is 10.1. The maximum absolute atomic E-state index is 12.5. The Morgan fingerprint density at radius 3 is 2.76 bits per heavy atom. The Kier molecular flexibility index (Phi) is 6.57. The number of ether oxygens (including phenoxy) is 1. The highest BCUT2D eigenvalue weighted by molar-refractivity contribution is 6.30. The second-order valence-electron chi connectivity index (χ2n) is 7.03. The fourth-order valence-electron chi connectivity index (χ4n) is 3.56. The molecule has 0 radical (unpaired) electrons. The second kappa shape index (κ2) is 8.88. The van der Waals surface area contributed by atoms with E-state index in [1.54, 1.807) is 0 Å². The third kappa shape index (κ3) is 5.33. The summed E-state index contributed by atoms with van der Waals surface area (Å²) in [6, 6.07) is 8.11. The highest BCUT2D eigenvalue weighted by Gasteiger charge is 2.26. The summed E-state index contributed by atoms with van der Waals surface area (Å²) < 4.78 is 5.67. The highest BCUT2D eigenvalue weighted by atomic mass is 35.5. The van der Waals surface area contributed by atoms with Crippen LogP contribution in [0.4, 0.5) is 4.79 Å². The molecule has 0 spiro atoms. The van der Waals surface area contributed by atoms with Crippen molar-refractivity contribution in [2.45, 2.75) is 44.9 Å². The van der Waals surface area contributed by atoms with Gasteiger partial charge >= 0.3 is 6.03 Å².